The van der Waals surface area contributed by atoms with Crippen LogP contribution in [0.25, 0.3) is 33.7 Å². The van der Waals surface area contributed by atoms with Gasteiger partial charge in [-0.15, -0.1) is 0 Å². The second-order valence-electron chi connectivity index (χ2n) is 7.66. The summed E-state index contributed by atoms with van der Waals surface area (Å²) in [7, 11) is 0. The number of hydrogen-bond acceptors (Lipinski definition) is 6. The van der Waals surface area contributed by atoms with E-state index in [1.54, 1.807) is 0 Å². The average Bonchev–Trinajstić information content (AvgIpc) is 3.40. The van der Waals surface area contributed by atoms with Gasteiger partial charge in [-0.25, -0.2) is 0 Å². The molecule has 1 aliphatic rings. The molecule has 2 aromatic heterocycles. The average molecular weight is 417 g/mol. The molecule has 1 aliphatic heterocycles. The molecular weight excluding hydrogens is 394 g/mol. The maximum absolute atomic E-state index is 11.2. The number of H-pyrrole nitrogens is 1. The van der Waals surface area contributed by atoms with Gasteiger partial charge in [0.05, 0.1) is 12.5 Å². The van der Waals surface area contributed by atoms with E-state index in [0.29, 0.717) is 11.7 Å². The lowest BCUT2D eigenvalue weighted by Crippen LogP contribution is -2.31. The van der Waals surface area contributed by atoms with Gasteiger partial charge in [-0.05, 0) is 67.9 Å². The Bertz CT molecular complexity index is 1240. The summed E-state index contributed by atoms with van der Waals surface area (Å²) in [5, 5.41) is 21.0. The Morgan fingerprint density at radius 1 is 1.23 bits per heavy atom. The number of carbonyl (C=O) groups is 1. The molecule has 4 aromatic rings. The van der Waals surface area contributed by atoms with Crippen molar-refractivity contribution in [2.75, 3.05) is 18.4 Å². The van der Waals surface area contributed by atoms with Crippen LogP contribution in [0.1, 0.15) is 30.6 Å². The van der Waals surface area contributed by atoms with Crippen molar-refractivity contribution in [3.05, 3.63) is 53.7 Å². The van der Waals surface area contributed by atoms with E-state index in [2.05, 4.69) is 38.7 Å². The Labute approximate surface area is 178 Å². The van der Waals surface area contributed by atoms with Crippen molar-refractivity contribution < 1.29 is 14.4 Å². The van der Waals surface area contributed by atoms with Gasteiger partial charge < -0.3 is 25.2 Å². The second-order valence-corrected chi connectivity index (χ2v) is 7.66. The summed E-state index contributed by atoms with van der Waals surface area (Å²) in [5.41, 5.74) is 5.87. The minimum Gasteiger partial charge on any atom is -0.481 e. The predicted octanol–water partition coefficient (Wildman–Crippen LogP) is 3.98. The Morgan fingerprint density at radius 3 is 2.81 bits per heavy atom. The quantitative estimate of drug-likeness (QED) is 0.375. The first-order chi connectivity index (χ1) is 15.1. The molecule has 0 fully saturated rings. The Hall–Kier alpha value is -3.65. The van der Waals surface area contributed by atoms with Gasteiger partial charge in [-0.2, -0.15) is 4.98 Å². The number of fused-ring (bicyclic) bond motifs is 3. The van der Waals surface area contributed by atoms with Crippen molar-refractivity contribution in [3.63, 3.8) is 0 Å². The fourth-order valence-electron chi connectivity index (χ4n) is 4.19. The molecule has 31 heavy (non-hydrogen) atoms. The summed E-state index contributed by atoms with van der Waals surface area (Å²) >= 11 is 0. The van der Waals surface area contributed by atoms with Gasteiger partial charge in [-0.3, -0.25) is 4.79 Å². The van der Waals surface area contributed by atoms with Crippen molar-refractivity contribution in [1.29, 1.82) is 0 Å². The summed E-state index contributed by atoms with van der Waals surface area (Å²) in [6.45, 7) is 3.67. The highest BCUT2D eigenvalue weighted by atomic mass is 16.5. The molecule has 8 nitrogen and oxygen atoms in total. The summed E-state index contributed by atoms with van der Waals surface area (Å²) < 4.78 is 5.51. The molecule has 4 N–H and O–H groups in total. The number of hydrogen-bond donors (Lipinski definition) is 4. The predicted molar refractivity (Wildman–Crippen MR) is 118 cm³/mol. The maximum Gasteiger partial charge on any atom is 0.305 e. The molecule has 0 aliphatic carbocycles. The van der Waals surface area contributed by atoms with E-state index >= 15 is 0 Å². The van der Waals surface area contributed by atoms with Crippen LogP contribution < -0.4 is 10.6 Å². The van der Waals surface area contributed by atoms with Crippen LogP contribution in [-0.4, -0.2) is 39.3 Å². The third-order valence-electron chi connectivity index (χ3n) is 5.63. The van der Waals surface area contributed by atoms with Crippen LogP contribution in [0.5, 0.6) is 0 Å². The van der Waals surface area contributed by atoms with Crippen molar-refractivity contribution in [2.45, 2.75) is 25.8 Å². The van der Waals surface area contributed by atoms with E-state index in [-0.39, 0.29) is 12.5 Å². The molecule has 0 spiro atoms. The van der Waals surface area contributed by atoms with Gasteiger partial charge in [0, 0.05) is 40.0 Å². The summed E-state index contributed by atoms with van der Waals surface area (Å²) in [6, 6.07) is 13.7. The molecule has 0 amide bonds. The molecule has 5 rings (SSSR count). The monoisotopic (exact) mass is 417 g/mol. The zero-order valence-electron chi connectivity index (χ0n) is 17.1. The van der Waals surface area contributed by atoms with Crippen LogP contribution in [0, 0.1) is 0 Å². The number of aromatic nitrogens is 3. The van der Waals surface area contributed by atoms with Crippen LogP contribution in [0.3, 0.4) is 0 Å². The van der Waals surface area contributed by atoms with Crippen LogP contribution in [-0.2, 0) is 11.2 Å². The highest BCUT2D eigenvalue weighted by Gasteiger charge is 2.26. The van der Waals surface area contributed by atoms with Gasteiger partial charge >= 0.3 is 5.97 Å². The molecule has 3 heterocycles. The number of carboxylic acid groups (broad SMARTS) is 1. The number of aliphatic carboxylic acids is 1. The van der Waals surface area contributed by atoms with E-state index in [0.717, 1.165) is 58.5 Å². The van der Waals surface area contributed by atoms with Crippen LogP contribution in [0.4, 0.5) is 5.69 Å². The van der Waals surface area contributed by atoms with E-state index in [9.17, 15) is 9.90 Å². The summed E-state index contributed by atoms with van der Waals surface area (Å²) in [4.78, 5) is 19.2. The third kappa shape index (κ3) is 3.66. The lowest BCUT2D eigenvalue weighted by Gasteiger charge is -2.22. The van der Waals surface area contributed by atoms with Crippen molar-refractivity contribution in [2.24, 2.45) is 0 Å². The molecule has 0 saturated carbocycles. The van der Waals surface area contributed by atoms with Gasteiger partial charge in [0.25, 0.3) is 5.89 Å². The van der Waals surface area contributed by atoms with Crippen LogP contribution in [0.2, 0.25) is 0 Å². The van der Waals surface area contributed by atoms with E-state index in [1.807, 2.05) is 36.4 Å². The molecule has 158 valence electrons. The van der Waals surface area contributed by atoms with E-state index in [4.69, 9.17) is 4.52 Å². The molecule has 0 bridgehead atoms. The van der Waals surface area contributed by atoms with Gasteiger partial charge in [0.2, 0.25) is 5.82 Å². The minimum atomic E-state index is -0.817. The third-order valence-corrected chi connectivity index (χ3v) is 5.63. The van der Waals surface area contributed by atoms with Crippen molar-refractivity contribution in [1.82, 2.24) is 20.4 Å². The molecule has 0 saturated heterocycles. The number of nitrogens with one attached hydrogen (secondary N) is 3. The van der Waals surface area contributed by atoms with E-state index < -0.39 is 5.97 Å². The number of carboxylic acids is 1. The van der Waals surface area contributed by atoms with E-state index in [1.165, 1.54) is 0 Å². The fraction of sp³-hybridized carbons (Fsp3) is 0.261. The zero-order chi connectivity index (χ0) is 21.4. The molecule has 1 atom stereocenters. The molecule has 8 heteroatoms. The summed E-state index contributed by atoms with van der Waals surface area (Å²) in [6.07, 6.45) is 0.887. The van der Waals surface area contributed by atoms with Crippen LogP contribution in [0.15, 0.2) is 47.0 Å². The number of nitrogens with zero attached hydrogens (tertiary/aromatic N) is 2. The van der Waals surface area contributed by atoms with Gasteiger partial charge in [-0.1, -0.05) is 5.16 Å². The minimum absolute atomic E-state index is 0.0491. The molecule has 2 aromatic carbocycles. The van der Waals surface area contributed by atoms with Crippen molar-refractivity contribution >= 4 is 22.6 Å². The van der Waals surface area contributed by atoms with Crippen LogP contribution >= 0.6 is 0 Å². The molecular formula is C23H23N5O3. The Balaban J connectivity index is 1.47. The lowest BCUT2D eigenvalue weighted by atomic mass is 9.97. The topological polar surface area (TPSA) is 116 Å². The molecule has 0 radical (unpaired) electrons. The Morgan fingerprint density at radius 2 is 2.03 bits per heavy atom. The van der Waals surface area contributed by atoms with Gasteiger partial charge in [0.1, 0.15) is 0 Å². The molecule has 1 unspecified atom stereocenters. The number of anilines is 1. The summed E-state index contributed by atoms with van der Waals surface area (Å²) in [5.74, 6) is 0.182. The highest BCUT2D eigenvalue weighted by molar-refractivity contribution is 5.89. The number of aromatic amines is 1. The first-order valence-corrected chi connectivity index (χ1v) is 10.4. The van der Waals surface area contributed by atoms with Gasteiger partial charge in [0.15, 0.2) is 0 Å². The SMILES string of the molecule is CCNc1ccc(-c2nc(-c3ccc4[nH]c5c(c4c3)CCNC5CC(=O)O)no2)cc1. The highest BCUT2D eigenvalue weighted by Crippen LogP contribution is 2.34. The largest absolute Gasteiger partial charge is 0.481 e. The number of rotatable bonds is 6. The first kappa shape index (κ1) is 19.3. The maximum atomic E-state index is 11.2. The zero-order valence-corrected chi connectivity index (χ0v) is 17.1. The normalized spacial score (nSPS) is 15.7. The smallest absolute Gasteiger partial charge is 0.305 e. The number of benzene rings is 2. The lowest BCUT2D eigenvalue weighted by molar-refractivity contribution is -0.137. The fourth-order valence-corrected chi connectivity index (χ4v) is 4.19. The standard InChI is InChI=1S/C23H23N5O3/c1-2-24-15-6-3-13(4-7-15)23-27-22(28-31-23)14-5-8-18-17(11-14)16-9-10-25-19(12-20(29)30)21(16)26-18/h3-8,11,19,24-26H,2,9-10,12H2,1H3,(H,29,30). The second kappa shape index (κ2) is 7.88. The van der Waals surface area contributed by atoms with Crippen molar-refractivity contribution in [3.8, 4) is 22.8 Å². The first-order valence-electron chi connectivity index (χ1n) is 10.4. The Kier molecular flexibility index (Phi) is 4.91.